The second-order valence-electron chi connectivity index (χ2n) is 3.69. The molecule has 16 heavy (non-hydrogen) atoms. The number of benzene rings is 1. The molecule has 1 aromatic carbocycles. The minimum absolute atomic E-state index is 0.348. The average molecular weight is 280 g/mol. The van der Waals surface area contributed by atoms with Gasteiger partial charge in [-0.3, -0.25) is 0 Å². The summed E-state index contributed by atoms with van der Waals surface area (Å²) in [7, 11) is 0. The molecule has 0 aromatic heterocycles. The van der Waals surface area contributed by atoms with Crippen LogP contribution in [0.5, 0.6) is 0 Å². The first kappa shape index (κ1) is 13.3. The SMILES string of the molecule is CC#CCC(NCCC)c1ccc(Br)cc1. The Morgan fingerprint density at radius 2 is 2.00 bits per heavy atom. The summed E-state index contributed by atoms with van der Waals surface area (Å²) in [6.45, 7) is 5.10. The second-order valence-corrected chi connectivity index (χ2v) is 4.60. The van der Waals surface area contributed by atoms with E-state index in [4.69, 9.17) is 0 Å². The van der Waals surface area contributed by atoms with Gasteiger partial charge in [-0.15, -0.1) is 11.8 Å². The number of rotatable bonds is 5. The van der Waals surface area contributed by atoms with Crippen molar-refractivity contribution in [1.82, 2.24) is 5.32 Å². The van der Waals surface area contributed by atoms with Gasteiger partial charge in [0.2, 0.25) is 0 Å². The molecule has 1 unspecified atom stereocenters. The van der Waals surface area contributed by atoms with E-state index in [1.165, 1.54) is 5.56 Å². The van der Waals surface area contributed by atoms with Crippen LogP contribution in [-0.2, 0) is 0 Å². The molecule has 0 amide bonds. The van der Waals surface area contributed by atoms with E-state index in [2.05, 4.69) is 64.3 Å². The van der Waals surface area contributed by atoms with Gasteiger partial charge in [-0.2, -0.15) is 0 Å². The molecule has 0 bridgehead atoms. The zero-order chi connectivity index (χ0) is 11.8. The van der Waals surface area contributed by atoms with Gasteiger partial charge in [-0.05, 0) is 37.6 Å². The summed E-state index contributed by atoms with van der Waals surface area (Å²) in [6, 6.07) is 8.80. The Balaban J connectivity index is 2.72. The minimum atomic E-state index is 0.348. The Kier molecular flexibility index (Phi) is 6.22. The normalized spacial score (nSPS) is 11.7. The van der Waals surface area contributed by atoms with E-state index in [1.54, 1.807) is 0 Å². The Morgan fingerprint density at radius 1 is 1.31 bits per heavy atom. The summed E-state index contributed by atoms with van der Waals surface area (Å²) in [6.07, 6.45) is 2.02. The quantitative estimate of drug-likeness (QED) is 0.806. The van der Waals surface area contributed by atoms with E-state index in [-0.39, 0.29) is 0 Å². The summed E-state index contributed by atoms with van der Waals surface area (Å²) in [5.41, 5.74) is 1.31. The zero-order valence-corrected chi connectivity index (χ0v) is 11.5. The van der Waals surface area contributed by atoms with E-state index < -0.39 is 0 Å². The predicted molar refractivity (Wildman–Crippen MR) is 73.2 cm³/mol. The zero-order valence-electron chi connectivity index (χ0n) is 9.89. The molecular weight excluding hydrogens is 262 g/mol. The van der Waals surface area contributed by atoms with Crippen molar-refractivity contribution in [3.05, 3.63) is 34.3 Å². The molecule has 0 aliphatic heterocycles. The van der Waals surface area contributed by atoms with Crippen LogP contribution in [-0.4, -0.2) is 6.54 Å². The van der Waals surface area contributed by atoms with Crippen LogP contribution >= 0.6 is 15.9 Å². The first-order chi connectivity index (χ1) is 7.77. The van der Waals surface area contributed by atoms with E-state index in [0.717, 1.165) is 23.9 Å². The fourth-order valence-corrected chi connectivity index (χ4v) is 1.79. The molecule has 1 atom stereocenters. The first-order valence-corrected chi connectivity index (χ1v) is 6.45. The lowest BCUT2D eigenvalue weighted by Crippen LogP contribution is -2.21. The van der Waals surface area contributed by atoms with Crippen LogP contribution in [0.2, 0.25) is 0 Å². The number of halogens is 1. The number of hydrogen-bond acceptors (Lipinski definition) is 1. The van der Waals surface area contributed by atoms with Crippen molar-refractivity contribution in [3.63, 3.8) is 0 Å². The maximum atomic E-state index is 3.52. The van der Waals surface area contributed by atoms with Crippen LogP contribution in [0.25, 0.3) is 0 Å². The molecule has 0 saturated heterocycles. The molecule has 0 saturated carbocycles. The van der Waals surface area contributed by atoms with Crippen LogP contribution < -0.4 is 5.32 Å². The molecule has 0 spiro atoms. The lowest BCUT2D eigenvalue weighted by atomic mass is 10.0. The van der Waals surface area contributed by atoms with Crippen molar-refractivity contribution in [2.75, 3.05) is 6.54 Å². The van der Waals surface area contributed by atoms with Crippen LogP contribution in [0.3, 0.4) is 0 Å². The Bertz CT molecular complexity index is 359. The van der Waals surface area contributed by atoms with Crippen LogP contribution in [0.1, 0.15) is 38.3 Å². The largest absolute Gasteiger partial charge is 0.309 e. The molecule has 1 nitrogen and oxygen atoms in total. The van der Waals surface area contributed by atoms with Gasteiger partial charge in [-0.25, -0.2) is 0 Å². The molecule has 2 heteroatoms. The second kappa shape index (κ2) is 7.49. The van der Waals surface area contributed by atoms with Gasteiger partial charge in [0.1, 0.15) is 0 Å². The molecule has 86 valence electrons. The van der Waals surface area contributed by atoms with E-state index in [0.29, 0.717) is 6.04 Å². The molecule has 0 aliphatic rings. The van der Waals surface area contributed by atoms with Gasteiger partial charge < -0.3 is 5.32 Å². The molecule has 1 rings (SSSR count). The molecule has 0 fully saturated rings. The van der Waals surface area contributed by atoms with Gasteiger partial charge in [-0.1, -0.05) is 35.0 Å². The summed E-state index contributed by atoms with van der Waals surface area (Å²) in [5, 5.41) is 3.52. The summed E-state index contributed by atoms with van der Waals surface area (Å²) in [4.78, 5) is 0. The number of hydrogen-bond donors (Lipinski definition) is 1. The van der Waals surface area contributed by atoms with Crippen molar-refractivity contribution < 1.29 is 0 Å². The van der Waals surface area contributed by atoms with Crippen molar-refractivity contribution in [3.8, 4) is 11.8 Å². The van der Waals surface area contributed by atoms with Crippen molar-refractivity contribution in [2.24, 2.45) is 0 Å². The van der Waals surface area contributed by atoms with Crippen molar-refractivity contribution in [1.29, 1.82) is 0 Å². The van der Waals surface area contributed by atoms with E-state index >= 15 is 0 Å². The van der Waals surface area contributed by atoms with Crippen LogP contribution in [0, 0.1) is 11.8 Å². The topological polar surface area (TPSA) is 12.0 Å². The fraction of sp³-hybridized carbons (Fsp3) is 0.429. The third-order valence-electron chi connectivity index (χ3n) is 2.40. The lowest BCUT2D eigenvalue weighted by Gasteiger charge is -2.16. The maximum absolute atomic E-state index is 3.52. The molecule has 1 aromatic rings. The Hall–Kier alpha value is -0.780. The summed E-state index contributed by atoms with van der Waals surface area (Å²) >= 11 is 3.45. The van der Waals surface area contributed by atoms with Gasteiger partial charge in [0.25, 0.3) is 0 Å². The summed E-state index contributed by atoms with van der Waals surface area (Å²) < 4.78 is 1.12. The van der Waals surface area contributed by atoms with E-state index in [1.807, 2.05) is 6.92 Å². The van der Waals surface area contributed by atoms with Crippen LogP contribution in [0.4, 0.5) is 0 Å². The van der Waals surface area contributed by atoms with Gasteiger partial charge in [0.15, 0.2) is 0 Å². The third-order valence-corrected chi connectivity index (χ3v) is 2.92. The van der Waals surface area contributed by atoms with Gasteiger partial charge >= 0.3 is 0 Å². The lowest BCUT2D eigenvalue weighted by molar-refractivity contribution is 0.542. The van der Waals surface area contributed by atoms with Gasteiger partial charge in [0, 0.05) is 16.9 Å². The Labute approximate surface area is 107 Å². The minimum Gasteiger partial charge on any atom is -0.309 e. The highest BCUT2D eigenvalue weighted by Gasteiger charge is 2.08. The molecular formula is C14H18BrN. The first-order valence-electron chi connectivity index (χ1n) is 5.66. The Morgan fingerprint density at radius 3 is 2.56 bits per heavy atom. The predicted octanol–water partition coefficient (Wildman–Crippen LogP) is 3.90. The molecule has 0 radical (unpaired) electrons. The molecule has 1 N–H and O–H groups in total. The molecule has 0 aliphatic carbocycles. The monoisotopic (exact) mass is 279 g/mol. The standard InChI is InChI=1S/C14H18BrN/c1-3-5-6-14(16-11-4-2)12-7-9-13(15)10-8-12/h7-10,14,16H,4,6,11H2,1-2H3. The highest BCUT2D eigenvalue weighted by Crippen LogP contribution is 2.19. The highest BCUT2D eigenvalue weighted by atomic mass is 79.9. The fourth-order valence-electron chi connectivity index (χ4n) is 1.53. The van der Waals surface area contributed by atoms with E-state index in [9.17, 15) is 0 Å². The van der Waals surface area contributed by atoms with Gasteiger partial charge in [0.05, 0.1) is 0 Å². The van der Waals surface area contributed by atoms with Crippen molar-refractivity contribution >= 4 is 15.9 Å². The van der Waals surface area contributed by atoms with Crippen molar-refractivity contribution in [2.45, 2.75) is 32.7 Å². The number of nitrogens with one attached hydrogen (secondary N) is 1. The maximum Gasteiger partial charge on any atom is 0.0430 e. The average Bonchev–Trinajstić information content (AvgIpc) is 2.31. The smallest absolute Gasteiger partial charge is 0.0430 e. The summed E-state index contributed by atoms with van der Waals surface area (Å²) in [5.74, 6) is 6.10. The highest BCUT2D eigenvalue weighted by molar-refractivity contribution is 9.10. The van der Waals surface area contributed by atoms with Crippen LogP contribution in [0.15, 0.2) is 28.7 Å². The third kappa shape index (κ3) is 4.38. The molecule has 0 heterocycles.